The summed E-state index contributed by atoms with van der Waals surface area (Å²) in [5.74, 6) is 1.69. The zero-order valence-electron chi connectivity index (χ0n) is 26.7. The fourth-order valence-corrected chi connectivity index (χ4v) is 7.00. The molecule has 0 radical (unpaired) electrons. The minimum absolute atomic E-state index is 0.558. The Labute approximate surface area is 286 Å². The van der Waals surface area contributed by atoms with E-state index in [0.29, 0.717) is 17.5 Å². The third-order valence-electron chi connectivity index (χ3n) is 9.35. The highest BCUT2D eigenvalue weighted by atomic mass is 15.0. The van der Waals surface area contributed by atoms with Gasteiger partial charge in [0.2, 0.25) is 0 Å². The Balaban J connectivity index is 1.12. The summed E-state index contributed by atoms with van der Waals surface area (Å²) in [4.78, 5) is 26.8. The Morgan fingerprint density at radius 3 is 1.74 bits per heavy atom. The Kier molecular flexibility index (Phi) is 6.35. The zero-order chi connectivity index (χ0) is 33.0. The van der Waals surface area contributed by atoms with Gasteiger partial charge in [-0.15, -0.1) is 0 Å². The predicted molar refractivity (Wildman–Crippen MR) is 201 cm³/mol. The fourth-order valence-electron chi connectivity index (χ4n) is 7.00. The van der Waals surface area contributed by atoms with Gasteiger partial charge in [0.1, 0.15) is 0 Å². The molecule has 7 nitrogen and oxygen atoms in total. The fraction of sp³-hybridized carbons (Fsp3) is 0. The molecule has 5 aromatic carbocycles. The summed E-state index contributed by atoms with van der Waals surface area (Å²) in [7, 11) is 0. The van der Waals surface area contributed by atoms with Crippen LogP contribution in [0.3, 0.4) is 0 Å². The Hall–Kier alpha value is -6.99. The number of hydrogen-bond acceptors (Lipinski definition) is 5. The van der Waals surface area contributed by atoms with Crippen molar-refractivity contribution in [1.29, 1.82) is 0 Å². The smallest absolute Gasteiger partial charge is 0.165 e. The van der Waals surface area contributed by atoms with Crippen LogP contribution in [0.2, 0.25) is 0 Å². The number of pyridine rings is 2. The molecule has 0 fully saturated rings. The quantitative estimate of drug-likeness (QED) is 0.202. The van der Waals surface area contributed by atoms with E-state index in [1.165, 1.54) is 32.7 Å². The molecule has 0 saturated heterocycles. The van der Waals surface area contributed by atoms with Crippen LogP contribution in [-0.2, 0) is 0 Å². The van der Waals surface area contributed by atoms with Crippen LogP contribution in [0.5, 0.6) is 0 Å². The molecule has 7 heteroatoms. The molecule has 0 aliphatic carbocycles. The molecule has 0 amide bonds. The zero-order valence-corrected chi connectivity index (χ0v) is 26.7. The highest BCUT2D eigenvalue weighted by molar-refractivity contribution is 6.12. The molecule has 5 heterocycles. The molecule has 10 aromatic rings. The van der Waals surface area contributed by atoms with Gasteiger partial charge >= 0.3 is 0 Å². The maximum Gasteiger partial charge on any atom is 0.165 e. The van der Waals surface area contributed by atoms with Gasteiger partial charge in [0, 0.05) is 79.7 Å². The van der Waals surface area contributed by atoms with Crippen LogP contribution in [0.25, 0.3) is 94.6 Å². The van der Waals surface area contributed by atoms with Gasteiger partial charge in [-0.25, -0.2) is 15.0 Å². The number of aromatic amines is 1. The third-order valence-corrected chi connectivity index (χ3v) is 9.35. The van der Waals surface area contributed by atoms with Crippen LogP contribution in [0.4, 0.5) is 0 Å². The standard InChI is InChI=1S/C43H27N7/c1-3-14-37-33(12-1)35-23-27(16-18-38(35)46-37)28-17-19-40-36(24-28)34-13-2-4-15-39(34)50(40)32-11-5-8-29(22-32)41-47-42(30-9-6-20-44-25-30)49-43(48-41)31-10-7-21-45-26-31/h1-26,46H. The monoisotopic (exact) mass is 641 g/mol. The lowest BCUT2D eigenvalue weighted by Crippen LogP contribution is -2.01. The molecule has 0 bridgehead atoms. The van der Waals surface area contributed by atoms with Crippen molar-refractivity contribution in [3.8, 4) is 51.0 Å². The number of H-pyrrole nitrogens is 1. The molecular weight excluding hydrogens is 615 g/mol. The summed E-state index contributed by atoms with van der Waals surface area (Å²) in [6, 6.07) is 46.6. The van der Waals surface area contributed by atoms with Crippen LogP contribution in [0.15, 0.2) is 158 Å². The Morgan fingerprint density at radius 1 is 0.400 bits per heavy atom. The van der Waals surface area contributed by atoms with Crippen molar-refractivity contribution in [3.63, 3.8) is 0 Å². The Morgan fingerprint density at radius 2 is 1.00 bits per heavy atom. The second-order valence-corrected chi connectivity index (χ2v) is 12.4. The first-order chi connectivity index (χ1) is 24.8. The van der Waals surface area contributed by atoms with Gasteiger partial charge in [-0.2, -0.15) is 0 Å². The first-order valence-electron chi connectivity index (χ1n) is 16.5. The summed E-state index contributed by atoms with van der Waals surface area (Å²) < 4.78 is 2.33. The first kappa shape index (κ1) is 28.1. The van der Waals surface area contributed by atoms with Crippen LogP contribution >= 0.6 is 0 Å². The molecule has 5 aromatic heterocycles. The number of benzene rings is 5. The average molecular weight is 642 g/mol. The van der Waals surface area contributed by atoms with Crippen molar-refractivity contribution >= 4 is 43.6 Å². The van der Waals surface area contributed by atoms with E-state index in [9.17, 15) is 0 Å². The van der Waals surface area contributed by atoms with E-state index in [2.05, 4.69) is 123 Å². The second-order valence-electron chi connectivity index (χ2n) is 12.4. The number of aromatic nitrogens is 7. The molecule has 0 unspecified atom stereocenters. The van der Waals surface area contributed by atoms with E-state index in [1.807, 2.05) is 30.3 Å². The topological polar surface area (TPSA) is 85.2 Å². The Bertz CT molecular complexity index is 2820. The third kappa shape index (κ3) is 4.64. The molecule has 10 rings (SSSR count). The van der Waals surface area contributed by atoms with E-state index < -0.39 is 0 Å². The van der Waals surface area contributed by atoms with Gasteiger partial charge in [0.15, 0.2) is 17.5 Å². The molecule has 0 saturated carbocycles. The lowest BCUT2D eigenvalue weighted by Gasteiger charge is -2.11. The summed E-state index contributed by atoms with van der Waals surface area (Å²) in [6.45, 7) is 0. The van der Waals surface area contributed by atoms with Gasteiger partial charge in [-0.05, 0) is 83.9 Å². The average Bonchev–Trinajstić information content (AvgIpc) is 3.73. The molecule has 0 spiro atoms. The summed E-state index contributed by atoms with van der Waals surface area (Å²) in [5, 5.41) is 4.86. The number of nitrogens with zero attached hydrogens (tertiary/aromatic N) is 6. The summed E-state index contributed by atoms with van der Waals surface area (Å²) in [5.41, 5.74) is 10.5. The van der Waals surface area contributed by atoms with Gasteiger partial charge in [-0.3, -0.25) is 9.97 Å². The molecular formula is C43H27N7. The highest BCUT2D eigenvalue weighted by Crippen LogP contribution is 2.37. The minimum atomic E-state index is 0.558. The summed E-state index contributed by atoms with van der Waals surface area (Å²) >= 11 is 0. The highest BCUT2D eigenvalue weighted by Gasteiger charge is 2.17. The van der Waals surface area contributed by atoms with Gasteiger partial charge in [-0.1, -0.05) is 60.7 Å². The van der Waals surface area contributed by atoms with Gasteiger partial charge in [0.25, 0.3) is 0 Å². The van der Waals surface area contributed by atoms with Crippen LogP contribution in [0.1, 0.15) is 0 Å². The number of hydrogen-bond donors (Lipinski definition) is 1. The largest absolute Gasteiger partial charge is 0.355 e. The molecule has 50 heavy (non-hydrogen) atoms. The van der Waals surface area contributed by atoms with E-state index >= 15 is 0 Å². The lowest BCUT2D eigenvalue weighted by molar-refractivity contribution is 1.06. The van der Waals surface area contributed by atoms with Crippen molar-refractivity contribution in [3.05, 3.63) is 158 Å². The maximum absolute atomic E-state index is 4.93. The van der Waals surface area contributed by atoms with Crippen molar-refractivity contribution in [2.75, 3.05) is 0 Å². The van der Waals surface area contributed by atoms with Crippen LogP contribution in [0, 0.1) is 0 Å². The van der Waals surface area contributed by atoms with E-state index in [-0.39, 0.29) is 0 Å². The summed E-state index contributed by atoms with van der Waals surface area (Å²) in [6.07, 6.45) is 7.03. The molecule has 0 atom stereocenters. The van der Waals surface area contributed by atoms with Gasteiger partial charge < -0.3 is 9.55 Å². The number of para-hydroxylation sites is 2. The van der Waals surface area contributed by atoms with E-state index in [0.717, 1.165) is 44.4 Å². The number of rotatable bonds is 5. The van der Waals surface area contributed by atoms with Crippen LogP contribution < -0.4 is 0 Å². The maximum atomic E-state index is 4.93. The molecule has 0 aliphatic heterocycles. The lowest BCUT2D eigenvalue weighted by atomic mass is 10.0. The SMILES string of the molecule is c1cncc(-c2nc(-c3cccnc3)nc(-c3cccc(-n4c5ccccc5c5cc(-c6ccc7[nH]c8ccccc8c7c6)ccc54)c3)n2)c1. The number of nitrogens with one attached hydrogen (secondary N) is 1. The normalized spacial score (nSPS) is 11.6. The van der Waals surface area contributed by atoms with Crippen molar-refractivity contribution in [2.45, 2.75) is 0 Å². The van der Waals surface area contributed by atoms with E-state index in [4.69, 9.17) is 15.0 Å². The molecule has 1 N–H and O–H groups in total. The minimum Gasteiger partial charge on any atom is -0.355 e. The van der Waals surface area contributed by atoms with Crippen molar-refractivity contribution in [2.24, 2.45) is 0 Å². The first-order valence-corrected chi connectivity index (χ1v) is 16.5. The van der Waals surface area contributed by atoms with Crippen LogP contribution in [-0.4, -0.2) is 34.5 Å². The van der Waals surface area contributed by atoms with E-state index in [1.54, 1.807) is 24.8 Å². The molecule has 0 aliphatic rings. The molecule has 234 valence electrons. The van der Waals surface area contributed by atoms with Crippen molar-refractivity contribution in [1.82, 2.24) is 34.5 Å². The second kappa shape index (κ2) is 11.3. The predicted octanol–water partition coefficient (Wildman–Crippen LogP) is 10.1. The van der Waals surface area contributed by atoms with Crippen molar-refractivity contribution < 1.29 is 0 Å². The number of fused-ring (bicyclic) bond motifs is 6. The van der Waals surface area contributed by atoms with Gasteiger partial charge in [0.05, 0.1) is 11.0 Å².